The summed E-state index contributed by atoms with van der Waals surface area (Å²) < 4.78 is 9.93. The van der Waals surface area contributed by atoms with E-state index in [1.807, 2.05) is 0 Å². The average Bonchev–Trinajstić information content (AvgIpc) is 2.26. The van der Waals surface area contributed by atoms with Crippen molar-refractivity contribution in [2.24, 2.45) is 0 Å². The van der Waals surface area contributed by atoms with Gasteiger partial charge < -0.3 is 9.47 Å². The number of methoxy groups -OCH3 is 2. The molecule has 0 aromatic heterocycles. The number of nitro groups is 1. The van der Waals surface area contributed by atoms with Gasteiger partial charge in [-0.25, -0.2) is 0 Å². The van der Waals surface area contributed by atoms with Crippen LogP contribution in [0.15, 0.2) is 12.1 Å². The first-order chi connectivity index (χ1) is 7.52. The zero-order chi connectivity index (χ0) is 12.3. The monoisotopic (exact) mass is 225 g/mol. The van der Waals surface area contributed by atoms with Gasteiger partial charge in [-0.05, 0) is 13.0 Å². The van der Waals surface area contributed by atoms with Crippen molar-refractivity contribution in [2.75, 3.05) is 14.2 Å². The fourth-order valence-electron chi connectivity index (χ4n) is 1.41. The van der Waals surface area contributed by atoms with Gasteiger partial charge in [0.15, 0.2) is 17.3 Å². The molecule has 0 amide bonds. The molecule has 0 bridgehead atoms. The number of carbonyl (C=O) groups is 1. The van der Waals surface area contributed by atoms with Gasteiger partial charge >= 0.3 is 0 Å². The SMILES string of the molecule is COc1ccc([N+](=O)[O-])c(C(C)=O)c1OC. The molecule has 1 aromatic carbocycles. The standard InChI is InChI=1S/C10H11NO5/c1-6(12)9-7(11(13)14)4-5-8(15-2)10(9)16-3/h4-5H,1-3H3. The first kappa shape index (κ1) is 12.0. The Kier molecular flexibility index (Phi) is 3.44. The molecule has 0 spiro atoms. The Labute approximate surface area is 91.9 Å². The topological polar surface area (TPSA) is 78.7 Å². The highest BCUT2D eigenvalue weighted by Gasteiger charge is 2.25. The van der Waals surface area contributed by atoms with Crippen LogP contribution in [0.1, 0.15) is 17.3 Å². The second-order valence-electron chi connectivity index (χ2n) is 3.01. The van der Waals surface area contributed by atoms with E-state index in [2.05, 4.69) is 0 Å². The molecule has 0 fully saturated rings. The molecule has 0 saturated heterocycles. The summed E-state index contributed by atoms with van der Waals surface area (Å²) in [6.45, 7) is 1.24. The molecule has 0 aliphatic heterocycles. The van der Waals surface area contributed by atoms with Crippen molar-refractivity contribution < 1.29 is 19.2 Å². The Hall–Kier alpha value is -2.11. The van der Waals surface area contributed by atoms with E-state index in [0.29, 0.717) is 5.75 Å². The molecule has 0 saturated carbocycles. The summed E-state index contributed by atoms with van der Waals surface area (Å²) >= 11 is 0. The Morgan fingerprint density at radius 2 is 1.94 bits per heavy atom. The molecule has 0 heterocycles. The number of ketones is 1. The molecule has 1 aromatic rings. The van der Waals surface area contributed by atoms with Crippen LogP contribution in [0, 0.1) is 10.1 Å². The lowest BCUT2D eigenvalue weighted by molar-refractivity contribution is -0.385. The first-order valence-electron chi connectivity index (χ1n) is 4.43. The molecule has 0 radical (unpaired) electrons. The summed E-state index contributed by atoms with van der Waals surface area (Å²) in [5.74, 6) is -0.0649. The molecule has 0 unspecified atom stereocenters. The Morgan fingerprint density at radius 1 is 1.31 bits per heavy atom. The van der Waals surface area contributed by atoms with E-state index in [1.165, 1.54) is 33.3 Å². The van der Waals surface area contributed by atoms with Crippen LogP contribution in [-0.4, -0.2) is 24.9 Å². The highest BCUT2D eigenvalue weighted by molar-refractivity contribution is 6.01. The van der Waals surface area contributed by atoms with Crippen LogP contribution in [0.4, 0.5) is 5.69 Å². The van der Waals surface area contributed by atoms with Gasteiger partial charge in [0.25, 0.3) is 5.69 Å². The molecule has 6 nitrogen and oxygen atoms in total. The van der Waals surface area contributed by atoms with Crippen molar-refractivity contribution in [1.29, 1.82) is 0 Å². The lowest BCUT2D eigenvalue weighted by Crippen LogP contribution is -2.04. The zero-order valence-corrected chi connectivity index (χ0v) is 9.14. The van der Waals surface area contributed by atoms with Crippen LogP contribution in [0.5, 0.6) is 11.5 Å². The number of benzene rings is 1. The molecule has 0 aliphatic carbocycles. The van der Waals surface area contributed by atoms with E-state index < -0.39 is 10.7 Å². The van der Waals surface area contributed by atoms with E-state index in [9.17, 15) is 14.9 Å². The smallest absolute Gasteiger partial charge is 0.284 e. The number of nitro benzene ring substituents is 1. The average molecular weight is 225 g/mol. The van der Waals surface area contributed by atoms with Crippen LogP contribution in [0.25, 0.3) is 0 Å². The van der Waals surface area contributed by atoms with Gasteiger partial charge in [-0.3, -0.25) is 14.9 Å². The van der Waals surface area contributed by atoms with Crippen molar-refractivity contribution in [3.05, 3.63) is 27.8 Å². The third-order valence-electron chi connectivity index (χ3n) is 2.07. The van der Waals surface area contributed by atoms with Crippen molar-refractivity contribution >= 4 is 11.5 Å². The largest absolute Gasteiger partial charge is 0.493 e. The molecule has 16 heavy (non-hydrogen) atoms. The Balaban J connectivity index is 3.56. The molecule has 0 aliphatic rings. The van der Waals surface area contributed by atoms with Crippen LogP contribution in [-0.2, 0) is 0 Å². The number of nitrogens with zero attached hydrogens (tertiary/aromatic N) is 1. The summed E-state index contributed by atoms with van der Waals surface area (Å²) in [5.41, 5.74) is -0.364. The molecular formula is C10H11NO5. The maximum absolute atomic E-state index is 11.4. The van der Waals surface area contributed by atoms with E-state index >= 15 is 0 Å². The van der Waals surface area contributed by atoms with Crippen molar-refractivity contribution in [1.82, 2.24) is 0 Å². The number of hydrogen-bond acceptors (Lipinski definition) is 5. The van der Waals surface area contributed by atoms with E-state index in [0.717, 1.165) is 0 Å². The highest BCUT2D eigenvalue weighted by Crippen LogP contribution is 2.37. The Morgan fingerprint density at radius 3 is 2.31 bits per heavy atom. The van der Waals surface area contributed by atoms with Gasteiger partial charge in [0, 0.05) is 6.07 Å². The lowest BCUT2D eigenvalue weighted by atomic mass is 10.1. The summed E-state index contributed by atoms with van der Waals surface area (Å²) in [5, 5.41) is 10.8. The lowest BCUT2D eigenvalue weighted by Gasteiger charge is -2.10. The van der Waals surface area contributed by atoms with Gasteiger partial charge in [-0.15, -0.1) is 0 Å². The Bertz CT molecular complexity index is 441. The second-order valence-corrected chi connectivity index (χ2v) is 3.01. The number of hydrogen-bond donors (Lipinski definition) is 0. The molecule has 6 heteroatoms. The van der Waals surface area contributed by atoms with Gasteiger partial charge in [0.05, 0.1) is 19.1 Å². The van der Waals surface area contributed by atoms with Crippen LogP contribution >= 0.6 is 0 Å². The molecule has 0 N–H and O–H groups in total. The fourth-order valence-corrected chi connectivity index (χ4v) is 1.41. The second kappa shape index (κ2) is 4.61. The minimum absolute atomic E-state index is 0.0770. The van der Waals surface area contributed by atoms with Crippen molar-refractivity contribution in [3.63, 3.8) is 0 Å². The van der Waals surface area contributed by atoms with Crippen LogP contribution in [0.3, 0.4) is 0 Å². The van der Waals surface area contributed by atoms with Gasteiger partial charge in [0.2, 0.25) is 0 Å². The summed E-state index contributed by atoms with van der Waals surface area (Å²) in [4.78, 5) is 21.5. The number of rotatable bonds is 4. The molecular weight excluding hydrogens is 214 g/mol. The number of Topliss-reactive ketones (excluding diaryl/α,β-unsaturated/α-hetero) is 1. The summed E-state index contributed by atoms with van der Waals surface area (Å²) in [6.07, 6.45) is 0. The van der Waals surface area contributed by atoms with Gasteiger partial charge in [-0.1, -0.05) is 0 Å². The van der Waals surface area contributed by atoms with Gasteiger partial charge in [-0.2, -0.15) is 0 Å². The third-order valence-corrected chi connectivity index (χ3v) is 2.07. The minimum Gasteiger partial charge on any atom is -0.493 e. The molecule has 0 atom stereocenters. The highest BCUT2D eigenvalue weighted by atomic mass is 16.6. The molecule has 1 rings (SSSR count). The van der Waals surface area contributed by atoms with E-state index in [4.69, 9.17) is 9.47 Å². The van der Waals surface area contributed by atoms with Gasteiger partial charge in [0.1, 0.15) is 5.56 Å². The summed E-state index contributed by atoms with van der Waals surface area (Å²) in [6, 6.07) is 2.61. The van der Waals surface area contributed by atoms with E-state index in [1.54, 1.807) is 0 Å². The van der Waals surface area contributed by atoms with Crippen molar-refractivity contribution in [3.8, 4) is 11.5 Å². The normalized spacial score (nSPS) is 9.69. The quantitative estimate of drug-likeness (QED) is 0.443. The predicted molar refractivity (Wildman–Crippen MR) is 56.2 cm³/mol. The third kappa shape index (κ3) is 1.95. The fraction of sp³-hybridized carbons (Fsp3) is 0.300. The first-order valence-corrected chi connectivity index (χ1v) is 4.43. The van der Waals surface area contributed by atoms with Crippen LogP contribution < -0.4 is 9.47 Å². The maximum Gasteiger partial charge on any atom is 0.284 e. The molecule has 86 valence electrons. The predicted octanol–water partition coefficient (Wildman–Crippen LogP) is 1.81. The minimum atomic E-state index is -0.626. The van der Waals surface area contributed by atoms with Crippen LogP contribution in [0.2, 0.25) is 0 Å². The zero-order valence-electron chi connectivity index (χ0n) is 9.14. The number of carbonyl (C=O) groups excluding carboxylic acids is 1. The number of ether oxygens (including phenoxy) is 2. The van der Waals surface area contributed by atoms with Crippen molar-refractivity contribution in [2.45, 2.75) is 6.92 Å². The van der Waals surface area contributed by atoms with E-state index in [-0.39, 0.29) is 17.0 Å². The summed E-state index contributed by atoms with van der Waals surface area (Å²) in [7, 11) is 2.72. The maximum atomic E-state index is 11.4.